The second-order valence-electron chi connectivity index (χ2n) is 4.21. The summed E-state index contributed by atoms with van der Waals surface area (Å²) in [6, 6.07) is 0. The van der Waals surface area contributed by atoms with E-state index in [1.165, 1.54) is 4.31 Å². The predicted octanol–water partition coefficient (Wildman–Crippen LogP) is 0.471. The molecule has 6 nitrogen and oxygen atoms in total. The van der Waals surface area contributed by atoms with E-state index in [0.29, 0.717) is 25.1 Å². The molecule has 0 aliphatic carbocycles. The van der Waals surface area contributed by atoms with E-state index < -0.39 is 10.0 Å². The van der Waals surface area contributed by atoms with Crippen LogP contribution < -0.4 is 5.32 Å². The van der Waals surface area contributed by atoms with Crippen LogP contribution in [-0.4, -0.2) is 43.1 Å². The highest BCUT2D eigenvalue weighted by molar-refractivity contribution is 7.89. The first-order valence-electron chi connectivity index (χ1n) is 6.11. The van der Waals surface area contributed by atoms with Gasteiger partial charge >= 0.3 is 0 Å². The van der Waals surface area contributed by atoms with Crippen molar-refractivity contribution in [2.75, 3.05) is 20.1 Å². The summed E-state index contributed by atoms with van der Waals surface area (Å²) in [5.41, 5.74) is 1.39. The number of sulfonamides is 1. The maximum absolute atomic E-state index is 12.5. The Balaban J connectivity index is 3.22. The summed E-state index contributed by atoms with van der Waals surface area (Å²) in [5, 5.41) is 9.65. The third kappa shape index (κ3) is 3.35. The molecule has 0 spiro atoms. The standard InChI is InChI=1S/C12H20N4O2S/c1-5-7-16(8-6-2)19(17,18)12-11(9-13-4)10(3)14-15-12/h1,13H,6-9H2,2-4H3,(H,14,15). The number of hydrogen-bond donors (Lipinski definition) is 2. The van der Waals surface area contributed by atoms with Crippen LogP contribution in [-0.2, 0) is 16.6 Å². The molecular weight excluding hydrogens is 264 g/mol. The average molecular weight is 284 g/mol. The van der Waals surface area contributed by atoms with Gasteiger partial charge in [0.05, 0.1) is 6.54 Å². The summed E-state index contributed by atoms with van der Waals surface area (Å²) < 4.78 is 26.4. The molecule has 19 heavy (non-hydrogen) atoms. The number of hydrogen-bond acceptors (Lipinski definition) is 4. The summed E-state index contributed by atoms with van der Waals surface area (Å²) >= 11 is 0. The van der Waals surface area contributed by atoms with Gasteiger partial charge in [-0.25, -0.2) is 8.42 Å². The number of aryl methyl sites for hydroxylation is 1. The maximum atomic E-state index is 12.5. The average Bonchev–Trinajstić information content (AvgIpc) is 2.72. The Morgan fingerprint density at radius 1 is 1.53 bits per heavy atom. The first-order valence-corrected chi connectivity index (χ1v) is 7.55. The van der Waals surface area contributed by atoms with Gasteiger partial charge in [0.2, 0.25) is 0 Å². The second-order valence-corrected chi connectivity index (χ2v) is 6.06. The van der Waals surface area contributed by atoms with Crippen molar-refractivity contribution in [2.45, 2.75) is 31.8 Å². The molecule has 1 aromatic heterocycles. The molecule has 0 bridgehead atoms. The van der Waals surface area contributed by atoms with Crippen LogP contribution in [0.5, 0.6) is 0 Å². The molecule has 0 fully saturated rings. The molecule has 7 heteroatoms. The van der Waals surface area contributed by atoms with Gasteiger partial charge < -0.3 is 5.32 Å². The smallest absolute Gasteiger partial charge is 0.263 e. The van der Waals surface area contributed by atoms with E-state index in [2.05, 4.69) is 21.4 Å². The number of rotatable bonds is 7. The molecule has 0 unspecified atom stereocenters. The molecule has 1 heterocycles. The number of nitrogens with one attached hydrogen (secondary N) is 2. The van der Waals surface area contributed by atoms with E-state index >= 15 is 0 Å². The SMILES string of the molecule is C#CCN(CCC)S(=O)(=O)c1n[nH]c(C)c1CNC. The molecule has 2 N–H and O–H groups in total. The van der Waals surface area contributed by atoms with E-state index in [4.69, 9.17) is 6.42 Å². The molecule has 0 aromatic carbocycles. The first-order chi connectivity index (χ1) is 8.98. The third-order valence-electron chi connectivity index (χ3n) is 2.71. The van der Waals surface area contributed by atoms with Gasteiger partial charge in [0, 0.05) is 24.3 Å². The molecule has 106 valence electrons. The van der Waals surface area contributed by atoms with Crippen molar-refractivity contribution in [1.29, 1.82) is 0 Å². The number of nitrogens with zero attached hydrogens (tertiary/aromatic N) is 2. The lowest BCUT2D eigenvalue weighted by atomic mass is 10.3. The molecule has 1 aromatic rings. The van der Waals surface area contributed by atoms with Crippen molar-refractivity contribution in [2.24, 2.45) is 0 Å². The van der Waals surface area contributed by atoms with Crippen molar-refractivity contribution in [3.63, 3.8) is 0 Å². The monoisotopic (exact) mass is 284 g/mol. The summed E-state index contributed by atoms with van der Waals surface area (Å²) in [6.45, 7) is 4.58. The van der Waals surface area contributed by atoms with Gasteiger partial charge in [-0.2, -0.15) is 9.40 Å². The van der Waals surface area contributed by atoms with Gasteiger partial charge in [-0.15, -0.1) is 6.42 Å². The van der Waals surface area contributed by atoms with E-state index in [9.17, 15) is 8.42 Å². The summed E-state index contributed by atoms with van der Waals surface area (Å²) in [6.07, 6.45) is 5.94. The highest BCUT2D eigenvalue weighted by Crippen LogP contribution is 2.20. The normalized spacial score (nSPS) is 11.7. The predicted molar refractivity (Wildman–Crippen MR) is 74.0 cm³/mol. The Morgan fingerprint density at radius 3 is 2.74 bits per heavy atom. The molecule has 0 saturated carbocycles. The summed E-state index contributed by atoms with van der Waals surface area (Å²) in [7, 11) is -1.89. The van der Waals surface area contributed by atoms with Crippen LogP contribution >= 0.6 is 0 Å². The minimum absolute atomic E-state index is 0.0566. The summed E-state index contributed by atoms with van der Waals surface area (Å²) in [5.74, 6) is 2.38. The van der Waals surface area contributed by atoms with Gasteiger partial charge in [0.15, 0.2) is 5.03 Å². The van der Waals surface area contributed by atoms with E-state index in [1.54, 1.807) is 14.0 Å². The Kier molecular flexibility index (Phi) is 5.54. The maximum Gasteiger partial charge on any atom is 0.263 e. The molecule has 0 radical (unpaired) electrons. The zero-order valence-electron chi connectivity index (χ0n) is 11.5. The summed E-state index contributed by atoms with van der Waals surface area (Å²) in [4.78, 5) is 0. The van der Waals surface area contributed by atoms with Crippen molar-refractivity contribution < 1.29 is 8.42 Å². The van der Waals surface area contributed by atoms with Crippen LogP contribution in [0, 0.1) is 19.3 Å². The van der Waals surface area contributed by atoms with Crippen LogP contribution in [0.4, 0.5) is 0 Å². The van der Waals surface area contributed by atoms with E-state index in [-0.39, 0.29) is 11.6 Å². The Hall–Kier alpha value is -1.36. The van der Waals surface area contributed by atoms with E-state index in [0.717, 1.165) is 5.69 Å². The molecule has 0 aliphatic heterocycles. The van der Waals surface area contributed by atoms with Crippen LogP contribution in [0.3, 0.4) is 0 Å². The van der Waals surface area contributed by atoms with Crippen LogP contribution in [0.15, 0.2) is 5.03 Å². The van der Waals surface area contributed by atoms with Gasteiger partial charge in [-0.05, 0) is 20.4 Å². The molecule has 0 aliphatic rings. The number of aromatic nitrogens is 2. The lowest BCUT2D eigenvalue weighted by Gasteiger charge is -2.18. The highest BCUT2D eigenvalue weighted by atomic mass is 32.2. The second kappa shape index (κ2) is 6.70. The van der Waals surface area contributed by atoms with Gasteiger partial charge in [0.1, 0.15) is 0 Å². The zero-order valence-corrected chi connectivity index (χ0v) is 12.3. The van der Waals surface area contributed by atoms with Crippen LogP contribution in [0.2, 0.25) is 0 Å². The lowest BCUT2D eigenvalue weighted by molar-refractivity contribution is 0.442. The van der Waals surface area contributed by atoms with Crippen LogP contribution in [0.25, 0.3) is 0 Å². The molecule has 1 rings (SSSR count). The van der Waals surface area contributed by atoms with Gasteiger partial charge in [-0.1, -0.05) is 12.8 Å². The fourth-order valence-corrected chi connectivity index (χ4v) is 3.40. The van der Waals surface area contributed by atoms with Gasteiger partial charge in [0.25, 0.3) is 10.0 Å². The number of aromatic amines is 1. The third-order valence-corrected chi connectivity index (χ3v) is 4.53. The van der Waals surface area contributed by atoms with Crippen molar-refractivity contribution >= 4 is 10.0 Å². The Bertz CT molecular complexity index is 557. The first kappa shape index (κ1) is 15.7. The fraction of sp³-hybridized carbons (Fsp3) is 0.583. The van der Waals surface area contributed by atoms with E-state index in [1.807, 2.05) is 6.92 Å². The topological polar surface area (TPSA) is 78.1 Å². The quantitative estimate of drug-likeness (QED) is 0.714. The molecule has 0 saturated heterocycles. The number of H-pyrrole nitrogens is 1. The minimum Gasteiger partial charge on any atom is -0.316 e. The van der Waals surface area contributed by atoms with Gasteiger partial charge in [-0.3, -0.25) is 5.10 Å². The zero-order chi connectivity index (χ0) is 14.5. The lowest BCUT2D eigenvalue weighted by Crippen LogP contribution is -2.33. The molecule has 0 atom stereocenters. The largest absolute Gasteiger partial charge is 0.316 e. The molecular formula is C12H20N4O2S. The minimum atomic E-state index is -3.65. The highest BCUT2D eigenvalue weighted by Gasteiger charge is 2.29. The van der Waals surface area contributed by atoms with Crippen LogP contribution in [0.1, 0.15) is 24.6 Å². The van der Waals surface area contributed by atoms with Crippen molar-refractivity contribution in [1.82, 2.24) is 19.8 Å². The van der Waals surface area contributed by atoms with Crippen molar-refractivity contribution in [3.05, 3.63) is 11.3 Å². The Labute approximate surface area is 114 Å². The fourth-order valence-electron chi connectivity index (χ4n) is 1.79. The molecule has 0 amide bonds. The Morgan fingerprint density at radius 2 is 2.21 bits per heavy atom. The number of terminal acetylenes is 1. The van der Waals surface area contributed by atoms with Crippen molar-refractivity contribution in [3.8, 4) is 12.3 Å².